The van der Waals surface area contributed by atoms with Crippen LogP contribution in [0.15, 0.2) is 59.8 Å². The zero-order chi connectivity index (χ0) is 20.8. The largest absolute Gasteiger partial charge is 0.497 e. The van der Waals surface area contributed by atoms with Crippen LogP contribution in [-0.4, -0.2) is 24.7 Å². The molecule has 0 saturated carbocycles. The van der Waals surface area contributed by atoms with Crippen molar-refractivity contribution in [3.8, 4) is 17.6 Å². The predicted octanol–water partition coefficient (Wildman–Crippen LogP) is 3.03. The van der Waals surface area contributed by atoms with Crippen molar-refractivity contribution in [3.05, 3.63) is 65.4 Å². The number of nitrogens with one attached hydrogen (secondary N) is 3. The van der Waals surface area contributed by atoms with E-state index in [2.05, 4.69) is 16.0 Å². The first-order chi connectivity index (χ1) is 14.0. The zero-order valence-electron chi connectivity index (χ0n) is 16.0. The Morgan fingerprint density at radius 3 is 2.69 bits per heavy atom. The fraction of sp³-hybridized carbons (Fsp3) is 0.190. The maximum Gasteiger partial charge on any atom is 0.255 e. The molecule has 2 aromatic carbocycles. The van der Waals surface area contributed by atoms with E-state index in [-0.39, 0.29) is 12.5 Å². The monoisotopic (exact) mass is 408 g/mol. The van der Waals surface area contributed by atoms with Gasteiger partial charge in [0, 0.05) is 17.5 Å². The van der Waals surface area contributed by atoms with Crippen molar-refractivity contribution in [2.45, 2.75) is 13.0 Å². The lowest BCUT2D eigenvalue weighted by Gasteiger charge is -2.30. The number of hydrogen-bond acceptors (Lipinski definition) is 5. The van der Waals surface area contributed by atoms with E-state index in [9.17, 15) is 4.79 Å². The molecule has 148 valence electrons. The summed E-state index contributed by atoms with van der Waals surface area (Å²) in [5, 5.41) is 18.1. The van der Waals surface area contributed by atoms with Crippen LogP contribution in [0.4, 0.5) is 5.69 Å². The number of rotatable bonds is 6. The molecule has 3 N–H and O–H groups in total. The Hall–Kier alpha value is -3.57. The number of amides is 1. The molecule has 0 saturated heterocycles. The number of thiocarbonyl (C=S) groups is 1. The van der Waals surface area contributed by atoms with Gasteiger partial charge in [-0.3, -0.25) is 4.79 Å². The molecular formula is C21H20N4O3S. The molecule has 1 amide bonds. The summed E-state index contributed by atoms with van der Waals surface area (Å²) in [6.07, 6.45) is 0. The summed E-state index contributed by atoms with van der Waals surface area (Å²) in [6, 6.07) is 15.8. The highest BCUT2D eigenvalue weighted by atomic mass is 32.1. The summed E-state index contributed by atoms with van der Waals surface area (Å²) >= 11 is 5.28. The highest BCUT2D eigenvalue weighted by molar-refractivity contribution is 7.80. The molecular weight excluding hydrogens is 388 g/mol. The maximum atomic E-state index is 13.1. The van der Waals surface area contributed by atoms with Crippen molar-refractivity contribution in [1.82, 2.24) is 10.6 Å². The first-order valence-electron chi connectivity index (χ1n) is 8.85. The predicted molar refractivity (Wildman–Crippen MR) is 113 cm³/mol. The van der Waals surface area contributed by atoms with E-state index in [1.165, 1.54) is 0 Å². The number of hydrogen-bond donors (Lipinski definition) is 3. The Bertz CT molecular complexity index is 996. The summed E-state index contributed by atoms with van der Waals surface area (Å²) in [7, 11) is 1.57. The van der Waals surface area contributed by atoms with E-state index in [1.54, 1.807) is 43.5 Å². The Kier molecular flexibility index (Phi) is 6.32. The van der Waals surface area contributed by atoms with E-state index < -0.39 is 6.04 Å². The first kappa shape index (κ1) is 20.2. The van der Waals surface area contributed by atoms with Crippen LogP contribution in [0.2, 0.25) is 0 Å². The van der Waals surface area contributed by atoms with Crippen LogP contribution in [0.25, 0.3) is 0 Å². The van der Waals surface area contributed by atoms with Crippen molar-refractivity contribution < 1.29 is 14.3 Å². The molecule has 0 aliphatic carbocycles. The van der Waals surface area contributed by atoms with Gasteiger partial charge in [-0.25, -0.2) is 0 Å². The van der Waals surface area contributed by atoms with Gasteiger partial charge in [-0.05, 0) is 49.0 Å². The maximum absolute atomic E-state index is 13.1. The van der Waals surface area contributed by atoms with Gasteiger partial charge in [-0.1, -0.05) is 18.2 Å². The highest BCUT2D eigenvalue weighted by Gasteiger charge is 2.30. The Balaban J connectivity index is 1.87. The molecule has 0 fully saturated rings. The third kappa shape index (κ3) is 4.83. The summed E-state index contributed by atoms with van der Waals surface area (Å²) in [6.45, 7) is 1.78. The average Bonchev–Trinajstić information content (AvgIpc) is 2.72. The van der Waals surface area contributed by atoms with E-state index >= 15 is 0 Å². The van der Waals surface area contributed by atoms with Crippen LogP contribution in [0.3, 0.4) is 0 Å². The molecule has 1 atom stereocenters. The number of methoxy groups -OCH3 is 1. The third-order valence-electron chi connectivity index (χ3n) is 4.36. The smallest absolute Gasteiger partial charge is 0.255 e. The normalized spacial score (nSPS) is 15.6. The second-order valence-corrected chi connectivity index (χ2v) is 6.68. The topological polar surface area (TPSA) is 95.4 Å². The number of allylic oxidation sites excluding steroid dienone is 1. The van der Waals surface area contributed by atoms with Crippen molar-refractivity contribution in [2.24, 2.45) is 0 Å². The Morgan fingerprint density at radius 1 is 1.24 bits per heavy atom. The fourth-order valence-electron chi connectivity index (χ4n) is 3.02. The minimum absolute atomic E-state index is 0.0256. The second-order valence-electron chi connectivity index (χ2n) is 6.27. The van der Waals surface area contributed by atoms with Crippen molar-refractivity contribution >= 4 is 28.9 Å². The number of ether oxygens (including phenoxy) is 2. The van der Waals surface area contributed by atoms with E-state index in [1.807, 2.05) is 25.1 Å². The van der Waals surface area contributed by atoms with Gasteiger partial charge in [0.1, 0.15) is 17.6 Å². The molecule has 0 aromatic heterocycles. The van der Waals surface area contributed by atoms with Gasteiger partial charge in [0.2, 0.25) is 0 Å². The number of benzene rings is 2. The minimum Gasteiger partial charge on any atom is -0.497 e. The number of anilines is 1. The molecule has 1 aliphatic heterocycles. The second kappa shape index (κ2) is 9.08. The first-order valence-corrected chi connectivity index (χ1v) is 9.26. The van der Waals surface area contributed by atoms with Crippen LogP contribution >= 0.6 is 12.2 Å². The number of carbonyl (C=O) groups excluding carboxylic acids is 1. The van der Waals surface area contributed by atoms with Crippen LogP contribution in [-0.2, 0) is 4.79 Å². The molecule has 0 unspecified atom stereocenters. The van der Waals surface area contributed by atoms with Gasteiger partial charge in [0.05, 0.1) is 18.7 Å². The molecule has 1 aliphatic rings. The van der Waals surface area contributed by atoms with Gasteiger partial charge < -0.3 is 25.4 Å². The minimum atomic E-state index is -0.431. The lowest BCUT2D eigenvalue weighted by Crippen LogP contribution is -2.45. The van der Waals surface area contributed by atoms with E-state index in [4.69, 9.17) is 27.0 Å². The number of nitriles is 1. The lowest BCUT2D eigenvalue weighted by molar-refractivity contribution is -0.113. The fourth-order valence-corrected chi connectivity index (χ4v) is 3.29. The van der Waals surface area contributed by atoms with Crippen LogP contribution < -0.4 is 25.4 Å². The summed E-state index contributed by atoms with van der Waals surface area (Å²) < 4.78 is 10.5. The van der Waals surface area contributed by atoms with Crippen LogP contribution in [0.5, 0.6) is 11.5 Å². The summed E-state index contributed by atoms with van der Waals surface area (Å²) in [5.74, 6) is 0.974. The molecule has 0 spiro atoms. The molecule has 1 heterocycles. The molecule has 29 heavy (non-hydrogen) atoms. The molecule has 0 radical (unpaired) electrons. The van der Waals surface area contributed by atoms with Gasteiger partial charge >= 0.3 is 0 Å². The van der Waals surface area contributed by atoms with Crippen LogP contribution in [0, 0.1) is 11.3 Å². The Morgan fingerprint density at radius 2 is 2.00 bits per heavy atom. The molecule has 8 heteroatoms. The highest BCUT2D eigenvalue weighted by Crippen LogP contribution is 2.29. The number of carbonyl (C=O) groups is 1. The van der Waals surface area contributed by atoms with Crippen molar-refractivity contribution in [2.75, 3.05) is 19.0 Å². The van der Waals surface area contributed by atoms with Gasteiger partial charge in [0.25, 0.3) is 5.91 Å². The van der Waals surface area contributed by atoms with Crippen molar-refractivity contribution in [3.63, 3.8) is 0 Å². The van der Waals surface area contributed by atoms with Gasteiger partial charge in [-0.2, -0.15) is 5.26 Å². The van der Waals surface area contributed by atoms with Gasteiger partial charge in [-0.15, -0.1) is 0 Å². The van der Waals surface area contributed by atoms with Gasteiger partial charge in [0.15, 0.2) is 11.7 Å². The molecule has 3 rings (SSSR count). The zero-order valence-corrected chi connectivity index (χ0v) is 16.8. The lowest BCUT2D eigenvalue weighted by atomic mass is 9.95. The SMILES string of the molecule is COc1cccc(NC(=O)C2=C(C)NC(=S)N[C@@H]2c2ccc(OCC#N)cc2)c1. The summed E-state index contributed by atoms with van der Waals surface area (Å²) in [5.41, 5.74) is 2.66. The average molecular weight is 408 g/mol. The molecule has 0 bridgehead atoms. The van der Waals surface area contributed by atoms with E-state index in [0.717, 1.165) is 5.56 Å². The standard InChI is InChI=1S/C21H20N4O3S/c1-13-18(20(26)24-15-4-3-5-17(12-15)27-2)19(25-21(29)23-13)14-6-8-16(9-7-14)28-11-10-22/h3-9,12,19H,11H2,1-2H3,(H,24,26)(H2,23,25,29)/t19-/m1/s1. The van der Waals surface area contributed by atoms with E-state index in [0.29, 0.717) is 33.6 Å². The van der Waals surface area contributed by atoms with Crippen molar-refractivity contribution in [1.29, 1.82) is 5.26 Å². The number of nitrogens with zero attached hydrogens (tertiary/aromatic N) is 1. The molecule has 2 aromatic rings. The Labute approximate surface area is 174 Å². The summed E-state index contributed by atoms with van der Waals surface area (Å²) in [4.78, 5) is 13.1. The third-order valence-corrected chi connectivity index (χ3v) is 4.58. The molecule has 7 nitrogen and oxygen atoms in total. The van der Waals surface area contributed by atoms with Crippen LogP contribution in [0.1, 0.15) is 18.5 Å². The quantitative estimate of drug-likeness (QED) is 0.633.